The summed E-state index contributed by atoms with van der Waals surface area (Å²) < 4.78 is 45.9. The molecule has 0 aliphatic carbocycles. The molecule has 1 N–H and O–H groups in total. The number of piperidine rings is 1. The van der Waals surface area contributed by atoms with Crippen LogP contribution in [0.3, 0.4) is 0 Å². The molecule has 6 nitrogen and oxygen atoms in total. The van der Waals surface area contributed by atoms with Crippen molar-refractivity contribution in [3.63, 3.8) is 0 Å². The summed E-state index contributed by atoms with van der Waals surface area (Å²) in [6.45, 7) is 7.66. The summed E-state index contributed by atoms with van der Waals surface area (Å²) in [5.41, 5.74) is -1.16. The molecule has 26 heavy (non-hydrogen) atoms. The summed E-state index contributed by atoms with van der Waals surface area (Å²) in [7, 11) is -3.78. The Morgan fingerprint density at radius 2 is 1.88 bits per heavy atom. The molecule has 0 bridgehead atoms. The average Bonchev–Trinajstić information content (AvgIpc) is 2.47. The van der Waals surface area contributed by atoms with Crippen LogP contribution in [-0.2, 0) is 14.8 Å². The third kappa shape index (κ3) is 5.17. The van der Waals surface area contributed by atoms with E-state index >= 15 is 0 Å². The maximum Gasteiger partial charge on any atom is 0.408 e. The van der Waals surface area contributed by atoms with Crippen molar-refractivity contribution < 1.29 is 22.3 Å². The van der Waals surface area contributed by atoms with E-state index in [0.29, 0.717) is 12.8 Å². The predicted octanol–water partition coefficient (Wildman–Crippen LogP) is 3.66. The molecule has 0 aromatic heterocycles. The molecule has 1 fully saturated rings. The molecule has 1 saturated heterocycles. The third-order valence-corrected chi connectivity index (χ3v) is 6.70. The number of amides is 1. The lowest BCUT2D eigenvalue weighted by molar-refractivity contribution is 0.0430. The molecule has 1 aromatic carbocycles. The monoisotopic (exact) mass is 450 g/mol. The summed E-state index contributed by atoms with van der Waals surface area (Å²) in [4.78, 5) is 11.9. The van der Waals surface area contributed by atoms with E-state index in [1.165, 1.54) is 16.4 Å². The molecule has 0 unspecified atom stereocenters. The minimum atomic E-state index is -3.78. The predicted molar refractivity (Wildman–Crippen MR) is 99.9 cm³/mol. The lowest BCUT2D eigenvalue weighted by Crippen LogP contribution is -2.55. The first-order valence-electron chi connectivity index (χ1n) is 8.29. The Hall–Kier alpha value is -1.19. The molecule has 1 heterocycles. The number of ether oxygens (including phenoxy) is 1. The molecule has 1 amide bonds. The van der Waals surface area contributed by atoms with Crippen LogP contribution in [0.15, 0.2) is 27.6 Å². The summed E-state index contributed by atoms with van der Waals surface area (Å²) in [5, 5.41) is 2.83. The molecule has 0 saturated carbocycles. The third-order valence-electron chi connectivity index (χ3n) is 4.16. The van der Waals surface area contributed by atoms with Crippen molar-refractivity contribution in [2.24, 2.45) is 0 Å². The lowest BCUT2D eigenvalue weighted by Gasteiger charge is -2.39. The van der Waals surface area contributed by atoms with E-state index in [0.717, 1.165) is 6.07 Å². The Bertz CT molecular complexity index is 784. The van der Waals surface area contributed by atoms with Gasteiger partial charge in [0.1, 0.15) is 11.4 Å². The van der Waals surface area contributed by atoms with Crippen LogP contribution in [0.25, 0.3) is 0 Å². The highest BCUT2D eigenvalue weighted by Crippen LogP contribution is 2.28. The number of hydrogen-bond donors (Lipinski definition) is 1. The normalized spacial score (nSPS) is 18.4. The zero-order valence-corrected chi connectivity index (χ0v) is 17.7. The molecule has 1 aromatic rings. The second-order valence-electron chi connectivity index (χ2n) is 7.67. The van der Waals surface area contributed by atoms with Gasteiger partial charge in [0.15, 0.2) is 0 Å². The van der Waals surface area contributed by atoms with Crippen molar-refractivity contribution in [3.8, 4) is 0 Å². The number of sulfonamides is 1. The van der Waals surface area contributed by atoms with Gasteiger partial charge in [-0.15, -0.1) is 0 Å². The Kier molecular flexibility index (Phi) is 6.04. The largest absolute Gasteiger partial charge is 0.444 e. The van der Waals surface area contributed by atoms with E-state index < -0.39 is 33.1 Å². The van der Waals surface area contributed by atoms with Gasteiger partial charge < -0.3 is 10.1 Å². The number of nitrogens with one attached hydrogen (secondary N) is 1. The molecule has 146 valence electrons. The SMILES string of the molecule is CC1(NC(=O)OC(C)(C)C)CCN(S(=O)(=O)c2ccc(Br)c(F)c2)CC1. The minimum absolute atomic E-state index is 0.0816. The number of benzene rings is 1. The van der Waals surface area contributed by atoms with E-state index in [9.17, 15) is 17.6 Å². The van der Waals surface area contributed by atoms with Gasteiger partial charge in [-0.2, -0.15) is 4.31 Å². The second-order valence-corrected chi connectivity index (χ2v) is 10.5. The zero-order valence-electron chi connectivity index (χ0n) is 15.3. The first kappa shape index (κ1) is 21.1. The number of carbonyl (C=O) groups is 1. The topological polar surface area (TPSA) is 75.7 Å². The van der Waals surface area contributed by atoms with Gasteiger partial charge in [-0.1, -0.05) is 0 Å². The Morgan fingerprint density at radius 1 is 1.31 bits per heavy atom. The summed E-state index contributed by atoms with van der Waals surface area (Å²) in [6, 6.07) is 3.75. The molecule has 9 heteroatoms. The highest BCUT2D eigenvalue weighted by molar-refractivity contribution is 9.10. The Balaban J connectivity index is 2.04. The summed E-state index contributed by atoms with van der Waals surface area (Å²) >= 11 is 3.02. The van der Waals surface area contributed by atoms with Gasteiger partial charge in [-0.05, 0) is 74.7 Å². The first-order chi connectivity index (χ1) is 11.8. The number of nitrogens with zero attached hydrogens (tertiary/aromatic N) is 1. The van der Waals surface area contributed by atoms with Gasteiger partial charge in [0.25, 0.3) is 0 Å². The van der Waals surface area contributed by atoms with Crippen LogP contribution >= 0.6 is 15.9 Å². The van der Waals surface area contributed by atoms with Gasteiger partial charge in [0.2, 0.25) is 10.0 Å². The smallest absolute Gasteiger partial charge is 0.408 e. The number of hydrogen-bond acceptors (Lipinski definition) is 4. The quantitative estimate of drug-likeness (QED) is 0.761. The van der Waals surface area contributed by atoms with Gasteiger partial charge in [-0.3, -0.25) is 0 Å². The van der Waals surface area contributed by atoms with Crippen LogP contribution in [0, 0.1) is 5.82 Å². The minimum Gasteiger partial charge on any atom is -0.444 e. The van der Waals surface area contributed by atoms with Crippen molar-refractivity contribution in [2.75, 3.05) is 13.1 Å². The highest BCUT2D eigenvalue weighted by atomic mass is 79.9. The highest BCUT2D eigenvalue weighted by Gasteiger charge is 2.37. The van der Waals surface area contributed by atoms with Crippen LogP contribution in [0.1, 0.15) is 40.5 Å². The molecule has 1 aliphatic rings. The van der Waals surface area contributed by atoms with Gasteiger partial charge in [0, 0.05) is 18.6 Å². The van der Waals surface area contributed by atoms with Crippen LogP contribution in [0.2, 0.25) is 0 Å². The number of rotatable bonds is 3. The molecule has 1 aliphatic heterocycles. The molecular weight excluding hydrogens is 427 g/mol. The maximum absolute atomic E-state index is 13.7. The van der Waals surface area contributed by atoms with E-state index in [1.54, 1.807) is 20.8 Å². The van der Waals surface area contributed by atoms with Gasteiger partial charge in [-0.25, -0.2) is 17.6 Å². The molecule has 0 atom stereocenters. The van der Waals surface area contributed by atoms with Crippen LogP contribution < -0.4 is 5.32 Å². The number of carbonyl (C=O) groups excluding carboxylic acids is 1. The van der Waals surface area contributed by atoms with Gasteiger partial charge >= 0.3 is 6.09 Å². The first-order valence-corrected chi connectivity index (χ1v) is 10.5. The van der Waals surface area contributed by atoms with Crippen molar-refractivity contribution in [3.05, 3.63) is 28.5 Å². The van der Waals surface area contributed by atoms with E-state index in [1.807, 2.05) is 6.92 Å². The maximum atomic E-state index is 13.7. The molecule has 0 radical (unpaired) electrons. The average molecular weight is 451 g/mol. The van der Waals surface area contributed by atoms with Crippen molar-refractivity contribution >= 4 is 32.0 Å². The lowest BCUT2D eigenvalue weighted by atomic mass is 9.91. The number of alkyl carbamates (subject to hydrolysis) is 1. The Labute approximate surface area is 162 Å². The summed E-state index contributed by atoms with van der Waals surface area (Å²) in [5.74, 6) is -0.625. The zero-order chi connectivity index (χ0) is 19.8. The standard InChI is InChI=1S/C17H24BrFN2O4S/c1-16(2,3)25-15(22)20-17(4)7-9-21(10-8-17)26(23,24)12-5-6-13(18)14(19)11-12/h5-6,11H,7-10H2,1-4H3,(H,20,22). The fourth-order valence-electron chi connectivity index (χ4n) is 2.68. The Morgan fingerprint density at radius 3 is 2.38 bits per heavy atom. The van der Waals surface area contributed by atoms with Crippen molar-refractivity contribution in [1.82, 2.24) is 9.62 Å². The van der Waals surface area contributed by atoms with Crippen LogP contribution in [0.4, 0.5) is 9.18 Å². The van der Waals surface area contributed by atoms with E-state index in [-0.39, 0.29) is 22.5 Å². The van der Waals surface area contributed by atoms with Crippen LogP contribution in [0.5, 0.6) is 0 Å². The number of halogens is 2. The molecule has 2 rings (SSSR count). The molecular formula is C17H24BrFN2O4S. The van der Waals surface area contributed by atoms with E-state index in [4.69, 9.17) is 4.74 Å². The second kappa shape index (κ2) is 7.44. The van der Waals surface area contributed by atoms with Crippen LogP contribution in [-0.4, -0.2) is 43.0 Å². The molecule has 0 spiro atoms. The summed E-state index contributed by atoms with van der Waals surface area (Å²) in [6.07, 6.45) is 0.348. The fraction of sp³-hybridized carbons (Fsp3) is 0.588. The van der Waals surface area contributed by atoms with E-state index in [2.05, 4.69) is 21.2 Å². The van der Waals surface area contributed by atoms with Gasteiger partial charge in [0.05, 0.1) is 9.37 Å². The van der Waals surface area contributed by atoms with Crippen molar-refractivity contribution in [2.45, 2.75) is 56.6 Å². The van der Waals surface area contributed by atoms with Crippen molar-refractivity contribution in [1.29, 1.82) is 0 Å². The fourth-order valence-corrected chi connectivity index (χ4v) is 4.38.